The third-order valence-corrected chi connectivity index (χ3v) is 3.88. The van der Waals surface area contributed by atoms with E-state index in [4.69, 9.17) is 14.4 Å². The van der Waals surface area contributed by atoms with Crippen LogP contribution in [-0.4, -0.2) is 28.1 Å². The van der Waals surface area contributed by atoms with Crippen LogP contribution in [0.25, 0.3) is 11.5 Å². The summed E-state index contributed by atoms with van der Waals surface area (Å²) in [6.07, 6.45) is 1.34. The summed E-state index contributed by atoms with van der Waals surface area (Å²) >= 11 is 0. The second kappa shape index (κ2) is 7.58. The minimum atomic E-state index is -0.331. The first-order valence-electron chi connectivity index (χ1n) is 8.00. The first kappa shape index (κ1) is 17.9. The summed E-state index contributed by atoms with van der Waals surface area (Å²) in [5, 5.41) is 21.2. The van der Waals surface area contributed by atoms with Crippen LogP contribution in [0, 0.1) is 18.3 Å². The molecule has 3 rings (SSSR count). The molecule has 2 aromatic heterocycles. The SMILES string of the molecule is COc1cc(-c2nc(CNC(=O)c3ccc(C#N)nc3)c(C)o2)ccc1O. The molecule has 27 heavy (non-hydrogen) atoms. The van der Waals surface area contributed by atoms with Gasteiger partial charge < -0.3 is 19.6 Å². The zero-order chi connectivity index (χ0) is 19.4. The first-order chi connectivity index (χ1) is 13.0. The van der Waals surface area contributed by atoms with Crippen LogP contribution >= 0.6 is 0 Å². The smallest absolute Gasteiger partial charge is 0.253 e. The normalized spacial score (nSPS) is 10.3. The lowest BCUT2D eigenvalue weighted by Crippen LogP contribution is -2.23. The van der Waals surface area contributed by atoms with Gasteiger partial charge in [0.15, 0.2) is 11.5 Å². The van der Waals surface area contributed by atoms with Crippen LogP contribution < -0.4 is 10.1 Å². The fraction of sp³-hybridized carbons (Fsp3) is 0.158. The van der Waals surface area contributed by atoms with Gasteiger partial charge in [-0.15, -0.1) is 0 Å². The molecular formula is C19H16N4O4. The number of nitriles is 1. The van der Waals surface area contributed by atoms with Crippen molar-refractivity contribution in [3.8, 4) is 29.0 Å². The van der Waals surface area contributed by atoms with Crippen LogP contribution in [0.1, 0.15) is 27.5 Å². The predicted molar refractivity (Wildman–Crippen MR) is 95.0 cm³/mol. The highest BCUT2D eigenvalue weighted by molar-refractivity contribution is 5.93. The number of aryl methyl sites for hydroxylation is 1. The molecule has 1 aromatic carbocycles. The van der Waals surface area contributed by atoms with Crippen molar-refractivity contribution in [1.29, 1.82) is 5.26 Å². The van der Waals surface area contributed by atoms with Gasteiger partial charge in [0.2, 0.25) is 5.89 Å². The van der Waals surface area contributed by atoms with Crippen LogP contribution in [0.5, 0.6) is 11.5 Å². The fourth-order valence-corrected chi connectivity index (χ4v) is 2.39. The molecule has 0 fully saturated rings. The summed E-state index contributed by atoms with van der Waals surface area (Å²) in [5.41, 5.74) is 1.81. The number of nitrogens with zero attached hydrogens (tertiary/aromatic N) is 3. The maximum Gasteiger partial charge on any atom is 0.253 e. The topological polar surface area (TPSA) is 121 Å². The van der Waals surface area contributed by atoms with Crippen LogP contribution in [0.4, 0.5) is 0 Å². The zero-order valence-electron chi connectivity index (χ0n) is 14.7. The molecule has 2 N–H and O–H groups in total. The molecule has 136 valence electrons. The molecule has 0 aliphatic heterocycles. The van der Waals surface area contributed by atoms with Crippen molar-refractivity contribution < 1.29 is 19.1 Å². The van der Waals surface area contributed by atoms with E-state index in [1.807, 2.05) is 6.07 Å². The number of aromatic nitrogens is 2. The van der Waals surface area contributed by atoms with E-state index in [0.29, 0.717) is 34.2 Å². The molecule has 0 saturated carbocycles. The lowest BCUT2D eigenvalue weighted by Gasteiger charge is -2.04. The van der Waals surface area contributed by atoms with Gasteiger partial charge in [0, 0.05) is 11.8 Å². The van der Waals surface area contributed by atoms with E-state index in [1.165, 1.54) is 31.5 Å². The summed E-state index contributed by atoms with van der Waals surface area (Å²) in [4.78, 5) is 20.5. The Morgan fingerprint density at radius 1 is 1.37 bits per heavy atom. The van der Waals surface area contributed by atoms with Gasteiger partial charge in [0.1, 0.15) is 23.2 Å². The lowest BCUT2D eigenvalue weighted by atomic mass is 10.2. The van der Waals surface area contributed by atoms with Crippen LogP contribution in [0.15, 0.2) is 40.9 Å². The highest BCUT2D eigenvalue weighted by Gasteiger charge is 2.15. The second-order valence-corrected chi connectivity index (χ2v) is 5.64. The van der Waals surface area contributed by atoms with Crippen molar-refractivity contribution in [3.63, 3.8) is 0 Å². The number of aromatic hydroxyl groups is 1. The summed E-state index contributed by atoms with van der Waals surface area (Å²) in [5.74, 6) is 0.923. The predicted octanol–water partition coefficient (Wildman–Crippen LogP) is 2.56. The van der Waals surface area contributed by atoms with Crippen molar-refractivity contribution in [2.24, 2.45) is 0 Å². The first-order valence-corrected chi connectivity index (χ1v) is 8.00. The molecule has 0 spiro atoms. The monoisotopic (exact) mass is 364 g/mol. The Hall–Kier alpha value is -3.86. The van der Waals surface area contributed by atoms with Crippen molar-refractivity contribution in [1.82, 2.24) is 15.3 Å². The number of ether oxygens (including phenoxy) is 1. The number of hydrogen-bond donors (Lipinski definition) is 2. The molecule has 8 heteroatoms. The zero-order valence-corrected chi connectivity index (χ0v) is 14.7. The van der Waals surface area contributed by atoms with E-state index in [0.717, 1.165) is 0 Å². The average molecular weight is 364 g/mol. The van der Waals surface area contributed by atoms with Crippen molar-refractivity contribution in [2.75, 3.05) is 7.11 Å². The number of amides is 1. The number of benzene rings is 1. The van der Waals surface area contributed by atoms with E-state index in [-0.39, 0.29) is 23.9 Å². The highest BCUT2D eigenvalue weighted by Crippen LogP contribution is 2.31. The maximum absolute atomic E-state index is 12.2. The molecule has 0 radical (unpaired) electrons. The summed E-state index contributed by atoms with van der Waals surface area (Å²) in [6, 6.07) is 9.68. The van der Waals surface area contributed by atoms with Gasteiger partial charge >= 0.3 is 0 Å². The van der Waals surface area contributed by atoms with Gasteiger partial charge in [-0.1, -0.05) is 0 Å². The number of methoxy groups -OCH3 is 1. The molecule has 0 saturated heterocycles. The maximum atomic E-state index is 12.2. The number of phenols is 1. The van der Waals surface area contributed by atoms with Crippen molar-refractivity contribution in [2.45, 2.75) is 13.5 Å². The van der Waals surface area contributed by atoms with Crippen LogP contribution in [0.2, 0.25) is 0 Å². The molecule has 0 aliphatic carbocycles. The number of hydrogen-bond acceptors (Lipinski definition) is 7. The van der Waals surface area contributed by atoms with Gasteiger partial charge in [-0.05, 0) is 37.3 Å². The Labute approximate surface area is 155 Å². The minimum Gasteiger partial charge on any atom is -0.504 e. The Morgan fingerprint density at radius 2 is 2.19 bits per heavy atom. The van der Waals surface area contributed by atoms with E-state index in [9.17, 15) is 9.90 Å². The molecule has 3 aromatic rings. The third kappa shape index (κ3) is 3.88. The number of nitrogens with one attached hydrogen (secondary N) is 1. The number of carbonyl (C=O) groups excluding carboxylic acids is 1. The van der Waals surface area contributed by atoms with E-state index in [2.05, 4.69) is 15.3 Å². The number of rotatable bonds is 5. The van der Waals surface area contributed by atoms with Crippen molar-refractivity contribution in [3.05, 3.63) is 59.2 Å². The molecule has 2 heterocycles. The Kier molecular flexibility index (Phi) is 5.04. The average Bonchev–Trinajstić information content (AvgIpc) is 3.07. The van der Waals surface area contributed by atoms with Gasteiger partial charge in [-0.25, -0.2) is 9.97 Å². The standard InChI is InChI=1S/C19H16N4O4/c1-11-15(10-22-18(25)13-3-5-14(8-20)21-9-13)23-19(27-11)12-4-6-16(24)17(7-12)26-2/h3-7,9,24H,10H2,1-2H3,(H,22,25). The largest absolute Gasteiger partial charge is 0.504 e. The van der Waals surface area contributed by atoms with E-state index < -0.39 is 0 Å². The summed E-state index contributed by atoms with van der Waals surface area (Å²) in [7, 11) is 1.46. The van der Waals surface area contributed by atoms with Gasteiger partial charge in [0.05, 0.1) is 19.2 Å². The molecule has 1 amide bonds. The van der Waals surface area contributed by atoms with Crippen molar-refractivity contribution >= 4 is 5.91 Å². The van der Waals surface area contributed by atoms with Gasteiger partial charge in [-0.2, -0.15) is 5.26 Å². The number of phenolic OH excluding ortho intramolecular Hbond substituents is 1. The third-order valence-electron chi connectivity index (χ3n) is 3.88. The molecule has 0 atom stereocenters. The fourth-order valence-electron chi connectivity index (χ4n) is 2.39. The Morgan fingerprint density at radius 3 is 2.85 bits per heavy atom. The molecule has 0 aliphatic rings. The quantitative estimate of drug-likeness (QED) is 0.713. The number of oxazole rings is 1. The van der Waals surface area contributed by atoms with E-state index in [1.54, 1.807) is 19.1 Å². The molecular weight excluding hydrogens is 348 g/mol. The molecule has 0 unspecified atom stereocenters. The van der Waals surface area contributed by atoms with Gasteiger partial charge in [-0.3, -0.25) is 4.79 Å². The molecule has 0 bridgehead atoms. The van der Waals surface area contributed by atoms with Gasteiger partial charge in [0.25, 0.3) is 5.91 Å². The molecule has 8 nitrogen and oxygen atoms in total. The summed E-state index contributed by atoms with van der Waals surface area (Å²) < 4.78 is 10.7. The van der Waals surface area contributed by atoms with Crippen LogP contribution in [0.3, 0.4) is 0 Å². The second-order valence-electron chi connectivity index (χ2n) is 5.64. The van der Waals surface area contributed by atoms with Crippen LogP contribution in [-0.2, 0) is 6.54 Å². The summed E-state index contributed by atoms with van der Waals surface area (Å²) in [6.45, 7) is 1.92. The number of pyridine rings is 1. The Balaban J connectivity index is 1.73. The highest BCUT2D eigenvalue weighted by atomic mass is 16.5. The lowest BCUT2D eigenvalue weighted by molar-refractivity contribution is 0.0950. The minimum absolute atomic E-state index is 0.0213. The Bertz CT molecular complexity index is 1020. The van der Waals surface area contributed by atoms with E-state index >= 15 is 0 Å². The number of carbonyl (C=O) groups is 1.